The molecular weight excluding hydrogens is 272 g/mol. The first kappa shape index (κ1) is 12.7. The Bertz CT molecular complexity index is 951. The van der Waals surface area contributed by atoms with Gasteiger partial charge in [0, 0.05) is 5.56 Å². The van der Waals surface area contributed by atoms with Crippen LogP contribution in [0.25, 0.3) is 33.4 Å². The molecule has 4 aromatic rings. The Morgan fingerprint density at radius 1 is 0.773 bits per heavy atom. The van der Waals surface area contributed by atoms with Crippen molar-refractivity contribution in [2.45, 2.75) is 0 Å². The van der Waals surface area contributed by atoms with Crippen LogP contribution in [0.1, 0.15) is 0 Å². The van der Waals surface area contributed by atoms with Crippen LogP contribution in [-0.4, -0.2) is 15.1 Å². The number of phenolic OH excluding ortho intramolecular Hbond substituents is 1. The van der Waals surface area contributed by atoms with Gasteiger partial charge in [-0.25, -0.2) is 4.98 Å². The van der Waals surface area contributed by atoms with E-state index in [0.29, 0.717) is 11.4 Å². The van der Waals surface area contributed by atoms with Crippen molar-refractivity contribution in [1.82, 2.24) is 9.97 Å². The summed E-state index contributed by atoms with van der Waals surface area (Å²) in [7, 11) is 0. The van der Waals surface area contributed by atoms with Crippen LogP contribution in [0, 0.1) is 0 Å². The van der Waals surface area contributed by atoms with E-state index in [0.717, 1.165) is 11.3 Å². The van der Waals surface area contributed by atoms with E-state index in [9.17, 15) is 5.11 Å². The van der Waals surface area contributed by atoms with E-state index in [2.05, 4.69) is 34.2 Å². The first-order chi connectivity index (χ1) is 10.8. The number of fused-ring (bicyclic) bond motifs is 1. The Hall–Kier alpha value is -3.07. The fourth-order valence-electron chi connectivity index (χ4n) is 2.73. The van der Waals surface area contributed by atoms with Gasteiger partial charge in [-0.05, 0) is 22.9 Å². The number of nitrogens with zero attached hydrogens (tertiary/aromatic N) is 1. The van der Waals surface area contributed by atoms with E-state index in [1.54, 1.807) is 12.1 Å². The molecule has 0 spiro atoms. The van der Waals surface area contributed by atoms with Crippen LogP contribution in [0.5, 0.6) is 5.75 Å². The number of hydrogen-bond acceptors (Lipinski definition) is 2. The van der Waals surface area contributed by atoms with E-state index in [1.807, 2.05) is 36.5 Å². The highest BCUT2D eigenvalue weighted by atomic mass is 16.3. The monoisotopic (exact) mass is 286 g/mol. The number of imidazole rings is 1. The number of rotatable bonds is 2. The number of aromatic nitrogens is 2. The van der Waals surface area contributed by atoms with E-state index >= 15 is 0 Å². The molecule has 4 rings (SSSR count). The second kappa shape index (κ2) is 5.04. The number of hydrogen-bond donors (Lipinski definition) is 2. The van der Waals surface area contributed by atoms with Crippen LogP contribution in [0.4, 0.5) is 0 Å². The van der Waals surface area contributed by atoms with Gasteiger partial charge in [0.15, 0.2) is 0 Å². The van der Waals surface area contributed by atoms with Gasteiger partial charge in [-0.2, -0.15) is 0 Å². The lowest BCUT2D eigenvalue weighted by molar-refractivity contribution is 0.477. The van der Waals surface area contributed by atoms with Gasteiger partial charge in [-0.15, -0.1) is 0 Å². The molecule has 22 heavy (non-hydrogen) atoms. The first-order valence-corrected chi connectivity index (χ1v) is 7.14. The summed E-state index contributed by atoms with van der Waals surface area (Å²) in [4.78, 5) is 7.72. The molecule has 3 aromatic carbocycles. The minimum atomic E-state index is 0.223. The van der Waals surface area contributed by atoms with Crippen molar-refractivity contribution < 1.29 is 5.11 Å². The Labute approximate surface area is 127 Å². The van der Waals surface area contributed by atoms with Crippen molar-refractivity contribution in [2.24, 2.45) is 0 Å². The molecule has 0 aliphatic carbocycles. The largest absolute Gasteiger partial charge is 0.507 e. The van der Waals surface area contributed by atoms with Crippen LogP contribution < -0.4 is 0 Å². The zero-order valence-electron chi connectivity index (χ0n) is 11.8. The molecule has 0 radical (unpaired) electrons. The van der Waals surface area contributed by atoms with E-state index in [1.165, 1.54) is 10.8 Å². The molecule has 0 atom stereocenters. The minimum Gasteiger partial charge on any atom is -0.507 e. The highest BCUT2D eigenvalue weighted by Crippen LogP contribution is 2.31. The number of H-pyrrole nitrogens is 1. The zero-order chi connectivity index (χ0) is 14.9. The second-order valence-electron chi connectivity index (χ2n) is 5.19. The maximum Gasteiger partial charge on any atom is 0.141 e. The molecule has 0 unspecified atom stereocenters. The van der Waals surface area contributed by atoms with Gasteiger partial charge in [-0.3, -0.25) is 0 Å². The van der Waals surface area contributed by atoms with Crippen LogP contribution in [-0.2, 0) is 0 Å². The van der Waals surface area contributed by atoms with Crippen LogP contribution >= 0.6 is 0 Å². The average Bonchev–Trinajstić information content (AvgIpc) is 3.04. The van der Waals surface area contributed by atoms with Crippen molar-refractivity contribution >= 4 is 10.8 Å². The summed E-state index contributed by atoms with van der Waals surface area (Å²) < 4.78 is 0. The summed E-state index contributed by atoms with van der Waals surface area (Å²) in [5.74, 6) is 0.891. The number of para-hydroxylation sites is 1. The normalized spacial score (nSPS) is 10.9. The third kappa shape index (κ3) is 2.04. The highest BCUT2D eigenvalue weighted by Gasteiger charge is 2.10. The average molecular weight is 286 g/mol. The standard InChI is InChI=1S/C19H14N2O/c22-18-11-4-3-9-16(18)19-20-12-17(21-19)15-10-5-7-13-6-1-2-8-14(13)15/h1-12,22H,(H,20,21). The molecule has 0 saturated carbocycles. The highest BCUT2D eigenvalue weighted by molar-refractivity contribution is 5.95. The molecule has 0 amide bonds. The van der Waals surface area contributed by atoms with Crippen molar-refractivity contribution in [2.75, 3.05) is 0 Å². The van der Waals surface area contributed by atoms with Gasteiger partial charge in [0.05, 0.1) is 17.5 Å². The van der Waals surface area contributed by atoms with Gasteiger partial charge in [0.1, 0.15) is 11.6 Å². The Morgan fingerprint density at radius 3 is 2.41 bits per heavy atom. The van der Waals surface area contributed by atoms with Gasteiger partial charge >= 0.3 is 0 Å². The van der Waals surface area contributed by atoms with Gasteiger partial charge in [0.2, 0.25) is 0 Å². The fourth-order valence-corrected chi connectivity index (χ4v) is 2.73. The summed E-state index contributed by atoms with van der Waals surface area (Å²) in [5, 5.41) is 12.3. The predicted molar refractivity (Wildman–Crippen MR) is 88.6 cm³/mol. The minimum absolute atomic E-state index is 0.223. The number of aromatic amines is 1. The van der Waals surface area contributed by atoms with E-state index < -0.39 is 0 Å². The Morgan fingerprint density at radius 2 is 1.50 bits per heavy atom. The van der Waals surface area contributed by atoms with Crippen molar-refractivity contribution in [3.8, 4) is 28.4 Å². The second-order valence-corrected chi connectivity index (χ2v) is 5.19. The lowest BCUT2D eigenvalue weighted by Crippen LogP contribution is -1.83. The van der Waals surface area contributed by atoms with Gasteiger partial charge in [-0.1, -0.05) is 54.6 Å². The maximum atomic E-state index is 9.96. The van der Waals surface area contributed by atoms with Crippen molar-refractivity contribution in [1.29, 1.82) is 0 Å². The summed E-state index contributed by atoms with van der Waals surface area (Å²) in [6.07, 6.45) is 1.81. The molecule has 0 bridgehead atoms. The molecule has 3 heteroatoms. The SMILES string of the molecule is Oc1ccccc1-c1ncc(-c2cccc3ccccc23)[nH]1. The molecule has 3 nitrogen and oxygen atoms in total. The van der Waals surface area contributed by atoms with Crippen molar-refractivity contribution in [3.63, 3.8) is 0 Å². The quantitative estimate of drug-likeness (QED) is 0.565. The molecule has 0 saturated heterocycles. The summed E-state index contributed by atoms with van der Waals surface area (Å²) >= 11 is 0. The number of nitrogens with one attached hydrogen (secondary N) is 1. The number of phenols is 1. The smallest absolute Gasteiger partial charge is 0.141 e. The van der Waals surface area contributed by atoms with Crippen LogP contribution in [0.2, 0.25) is 0 Å². The molecule has 0 aliphatic heterocycles. The summed E-state index contributed by atoms with van der Waals surface area (Å²) in [6, 6.07) is 21.7. The molecule has 2 N–H and O–H groups in total. The fraction of sp³-hybridized carbons (Fsp3) is 0. The third-order valence-electron chi connectivity index (χ3n) is 3.81. The molecular formula is C19H14N2O. The number of benzene rings is 3. The summed E-state index contributed by atoms with van der Waals surface area (Å²) in [6.45, 7) is 0. The molecule has 106 valence electrons. The third-order valence-corrected chi connectivity index (χ3v) is 3.81. The summed E-state index contributed by atoms with van der Waals surface area (Å²) in [5.41, 5.74) is 2.75. The van der Waals surface area contributed by atoms with E-state index in [-0.39, 0.29) is 5.75 Å². The Kier molecular flexibility index (Phi) is 2.90. The van der Waals surface area contributed by atoms with E-state index in [4.69, 9.17) is 0 Å². The molecule has 0 fully saturated rings. The van der Waals surface area contributed by atoms with Gasteiger partial charge in [0.25, 0.3) is 0 Å². The van der Waals surface area contributed by atoms with Crippen molar-refractivity contribution in [3.05, 3.63) is 72.9 Å². The predicted octanol–water partition coefficient (Wildman–Crippen LogP) is 4.60. The topological polar surface area (TPSA) is 48.9 Å². The first-order valence-electron chi connectivity index (χ1n) is 7.14. The van der Waals surface area contributed by atoms with Gasteiger partial charge < -0.3 is 10.1 Å². The molecule has 1 heterocycles. The molecule has 1 aromatic heterocycles. The lowest BCUT2D eigenvalue weighted by Gasteiger charge is -2.04. The number of aromatic hydroxyl groups is 1. The maximum absolute atomic E-state index is 9.96. The van der Waals surface area contributed by atoms with Crippen LogP contribution in [0.3, 0.4) is 0 Å². The lowest BCUT2D eigenvalue weighted by atomic mass is 10.0. The van der Waals surface area contributed by atoms with Crippen LogP contribution in [0.15, 0.2) is 72.9 Å². The zero-order valence-corrected chi connectivity index (χ0v) is 11.8. The molecule has 0 aliphatic rings. The Balaban J connectivity index is 1.86.